The van der Waals surface area contributed by atoms with Crippen LogP contribution in [-0.2, 0) is 15.0 Å². The number of hydrogen-bond donors (Lipinski definition) is 4. The maximum absolute atomic E-state index is 8.52. The van der Waals surface area contributed by atoms with Crippen LogP contribution in [0, 0.1) is 15.8 Å². The van der Waals surface area contributed by atoms with E-state index < -0.39 is 11.2 Å². The lowest BCUT2D eigenvalue weighted by Gasteiger charge is -2.10. The molecule has 0 aromatic heterocycles. The van der Waals surface area contributed by atoms with Gasteiger partial charge in [-0.25, -0.2) is 15.4 Å². The van der Waals surface area contributed by atoms with Gasteiger partial charge in [0.1, 0.15) is 0 Å². The molecular formula is C16H48O9. The summed E-state index contributed by atoms with van der Waals surface area (Å²) in [5.74, 6) is 0.833. The summed E-state index contributed by atoms with van der Waals surface area (Å²) in [7, 11) is 0. The molecule has 0 aliphatic rings. The average Bonchev–Trinajstić information content (AvgIpc) is 2.28. The molecule has 9 heteroatoms. The predicted octanol–water partition coefficient (Wildman–Crippen LogP) is 6.21. The molecule has 0 aromatic carbocycles. The predicted molar refractivity (Wildman–Crippen MR) is 107 cm³/mol. The molecule has 0 aliphatic carbocycles. The Hall–Kier alpha value is -0.680. The van der Waals surface area contributed by atoms with E-state index in [-0.39, 0.29) is 29.7 Å². The standard InChI is InChI=1S/C4H10O2.C4H10O.C4H10.4CH4.H2O4.O2/c1-4(2,3)6-5;1-4(2,3)5;1-4(2)3;;;;;1-3-4-2;1-2/h5H,1-3H3;5H,1-3H3;4H,1-3H3;4*1H4;1-2H;. The van der Waals surface area contributed by atoms with Crippen LogP contribution in [0.2, 0.25) is 0 Å². The molecule has 4 N–H and O–H groups in total. The van der Waals surface area contributed by atoms with Crippen LogP contribution in [0.4, 0.5) is 0 Å². The molecule has 0 aliphatic heterocycles. The number of hydrogen-bond acceptors (Lipinski definition) is 9. The first-order valence-electron chi connectivity index (χ1n) is 6.04. The van der Waals surface area contributed by atoms with E-state index in [0.717, 1.165) is 5.92 Å². The van der Waals surface area contributed by atoms with Gasteiger partial charge >= 0.3 is 0 Å². The minimum atomic E-state index is -0.500. The summed E-state index contributed by atoms with van der Waals surface area (Å²) in [5, 5.41) is 35.4. The average molecular weight is 385 g/mol. The number of aliphatic hydroxyl groups is 1. The lowest BCUT2D eigenvalue weighted by Crippen LogP contribution is -2.15. The van der Waals surface area contributed by atoms with Crippen molar-refractivity contribution in [1.82, 2.24) is 0 Å². The molecule has 0 aromatic rings. The Bertz CT molecular complexity index is 153. The summed E-state index contributed by atoms with van der Waals surface area (Å²) in [6, 6.07) is 0. The van der Waals surface area contributed by atoms with Gasteiger partial charge in [0.2, 0.25) is 0 Å². The van der Waals surface area contributed by atoms with Gasteiger partial charge in [-0.05, 0) is 57.5 Å². The van der Waals surface area contributed by atoms with Crippen molar-refractivity contribution in [2.75, 3.05) is 0 Å². The van der Waals surface area contributed by atoms with E-state index in [9.17, 15) is 0 Å². The molecule has 0 amide bonds. The van der Waals surface area contributed by atoms with E-state index in [0.29, 0.717) is 0 Å². The maximum atomic E-state index is 8.52. The van der Waals surface area contributed by atoms with Crippen LogP contribution >= 0.6 is 0 Å². The van der Waals surface area contributed by atoms with Gasteiger partial charge in [-0.1, -0.05) is 50.5 Å². The van der Waals surface area contributed by atoms with Crippen LogP contribution in [0.15, 0.2) is 0 Å². The van der Waals surface area contributed by atoms with Gasteiger partial charge in [-0.3, -0.25) is 5.26 Å². The van der Waals surface area contributed by atoms with Crippen LogP contribution in [-0.4, -0.2) is 32.1 Å². The van der Waals surface area contributed by atoms with Crippen molar-refractivity contribution in [2.24, 2.45) is 5.92 Å². The highest BCUT2D eigenvalue weighted by molar-refractivity contribution is 4.53. The lowest BCUT2D eigenvalue weighted by molar-refractivity contribution is -0.611. The molecule has 0 spiro atoms. The van der Waals surface area contributed by atoms with Gasteiger partial charge in [0.25, 0.3) is 0 Å². The van der Waals surface area contributed by atoms with Crippen molar-refractivity contribution >= 4 is 0 Å². The fraction of sp³-hybridized carbons (Fsp3) is 1.00. The van der Waals surface area contributed by atoms with E-state index in [4.69, 9.17) is 30.8 Å². The molecule has 9 nitrogen and oxygen atoms in total. The minimum absolute atomic E-state index is 0. The maximum Gasteiger partial charge on any atom is 0.0949 e. The van der Waals surface area contributed by atoms with Crippen molar-refractivity contribution in [3.8, 4) is 0 Å². The Balaban J connectivity index is -0.0000000181. The van der Waals surface area contributed by atoms with Crippen molar-refractivity contribution in [3.05, 3.63) is 9.93 Å². The van der Waals surface area contributed by atoms with Crippen molar-refractivity contribution in [1.29, 1.82) is 0 Å². The normalized spacial score (nSPS) is 8.08. The van der Waals surface area contributed by atoms with Crippen molar-refractivity contribution < 1.29 is 35.8 Å². The molecule has 0 radical (unpaired) electrons. The van der Waals surface area contributed by atoms with Crippen LogP contribution < -0.4 is 0 Å². The van der Waals surface area contributed by atoms with Crippen LogP contribution in [0.1, 0.15) is 92.0 Å². The first kappa shape index (κ1) is 56.4. The highest BCUT2D eigenvalue weighted by Crippen LogP contribution is 2.01. The zero-order valence-corrected chi connectivity index (χ0v) is 14.4. The molecule has 0 heterocycles. The van der Waals surface area contributed by atoms with E-state index in [2.05, 4.69) is 35.7 Å². The molecule has 0 atom stereocenters. The third kappa shape index (κ3) is 962. The molecular weight excluding hydrogens is 336 g/mol. The molecule has 0 saturated carbocycles. The summed E-state index contributed by atoms with van der Waals surface area (Å²) >= 11 is 0. The summed E-state index contributed by atoms with van der Waals surface area (Å²) in [4.78, 5) is 17.9. The van der Waals surface area contributed by atoms with E-state index in [1.54, 1.807) is 41.5 Å². The van der Waals surface area contributed by atoms with Crippen molar-refractivity contribution in [2.45, 2.75) is 103 Å². The highest BCUT2D eigenvalue weighted by Gasteiger charge is 2.07. The number of rotatable bonds is 1. The van der Waals surface area contributed by atoms with Gasteiger partial charge in [0.05, 0.1) is 11.2 Å². The second-order valence-corrected chi connectivity index (χ2v) is 6.26. The zero-order chi connectivity index (χ0) is 18.7. The molecule has 0 unspecified atom stereocenters. The van der Waals surface area contributed by atoms with E-state index in [1.165, 1.54) is 0 Å². The Morgan fingerprint density at radius 1 is 0.680 bits per heavy atom. The molecule has 0 bridgehead atoms. The van der Waals surface area contributed by atoms with Gasteiger partial charge in [-0.2, -0.15) is 0 Å². The summed E-state index contributed by atoms with van der Waals surface area (Å²) < 4.78 is 0. The fourth-order valence-electron chi connectivity index (χ4n) is 0. The van der Waals surface area contributed by atoms with Gasteiger partial charge in [0, 0.05) is 9.93 Å². The zero-order valence-electron chi connectivity index (χ0n) is 14.4. The second kappa shape index (κ2) is 38.7. The Morgan fingerprint density at radius 3 is 0.760 bits per heavy atom. The topological polar surface area (TPSA) is 143 Å². The molecule has 0 fully saturated rings. The Morgan fingerprint density at radius 2 is 0.760 bits per heavy atom. The van der Waals surface area contributed by atoms with Crippen LogP contribution in [0.5, 0.6) is 0 Å². The summed E-state index contributed by atoms with van der Waals surface area (Å²) in [6.45, 7) is 17.0. The fourth-order valence-corrected chi connectivity index (χ4v) is 0. The molecule has 0 saturated heterocycles. The third-order valence-electron chi connectivity index (χ3n) is 0.307. The first-order chi connectivity index (χ1) is 9.21. The largest absolute Gasteiger partial charge is 0.391 e. The van der Waals surface area contributed by atoms with Crippen LogP contribution in [0.3, 0.4) is 0 Å². The van der Waals surface area contributed by atoms with E-state index in [1.807, 2.05) is 0 Å². The van der Waals surface area contributed by atoms with Gasteiger partial charge in [-0.15, -0.1) is 0 Å². The minimum Gasteiger partial charge on any atom is -0.391 e. The van der Waals surface area contributed by atoms with E-state index >= 15 is 0 Å². The highest BCUT2D eigenvalue weighted by atomic mass is 17.6. The Kier molecular flexibility index (Phi) is 87.3. The molecule has 166 valence electrons. The lowest BCUT2D eigenvalue weighted by atomic mass is 10.2. The Labute approximate surface area is 155 Å². The second-order valence-electron chi connectivity index (χ2n) is 6.26. The van der Waals surface area contributed by atoms with Gasteiger partial charge < -0.3 is 5.11 Å². The molecule has 0 rings (SSSR count). The quantitative estimate of drug-likeness (QED) is 0.306. The molecule has 25 heavy (non-hydrogen) atoms. The SMILES string of the molecule is C.C.C.C.CC(C)(C)O.CC(C)(C)OO.CC(C)C.O=O.OOOO. The van der Waals surface area contributed by atoms with Crippen LogP contribution in [0.25, 0.3) is 0 Å². The summed E-state index contributed by atoms with van der Waals surface area (Å²) in [6.07, 6.45) is 0. The third-order valence-corrected chi connectivity index (χ3v) is 0.307. The van der Waals surface area contributed by atoms with Crippen molar-refractivity contribution in [3.63, 3.8) is 0 Å². The summed E-state index contributed by atoms with van der Waals surface area (Å²) in [5.41, 5.74) is -0.903. The monoisotopic (exact) mass is 384 g/mol. The first-order valence-corrected chi connectivity index (χ1v) is 6.04. The van der Waals surface area contributed by atoms with Gasteiger partial charge in [0.15, 0.2) is 0 Å². The smallest absolute Gasteiger partial charge is 0.0949 e.